The van der Waals surface area contributed by atoms with Crippen LogP contribution in [0.4, 0.5) is 5.69 Å². The molecular formula is C15H12Cl2NO4S-. The van der Waals surface area contributed by atoms with Gasteiger partial charge in [-0.05, 0) is 23.3 Å². The number of rotatable bonds is 5. The number of carboxylic acid groups (broad SMARTS) is 1. The van der Waals surface area contributed by atoms with Crippen molar-refractivity contribution in [1.29, 1.82) is 0 Å². The van der Waals surface area contributed by atoms with E-state index >= 15 is 0 Å². The molecule has 8 heteroatoms. The van der Waals surface area contributed by atoms with Crippen LogP contribution in [0.25, 0.3) is 0 Å². The third kappa shape index (κ3) is 4.16. The molecule has 0 radical (unpaired) electrons. The molecule has 0 saturated carbocycles. The topological polar surface area (TPSA) is 77.5 Å². The lowest BCUT2D eigenvalue weighted by atomic mass is 10.1. The third-order valence-corrected chi connectivity index (χ3v) is 5.05. The second kappa shape index (κ2) is 6.78. The molecule has 0 atom stereocenters. The maximum atomic E-state index is 12.1. The summed E-state index contributed by atoms with van der Waals surface area (Å²) in [5.74, 6) is -1.30. The van der Waals surface area contributed by atoms with Crippen LogP contribution in [0.3, 0.4) is 0 Å². The van der Waals surface area contributed by atoms with Crippen LogP contribution in [0.1, 0.15) is 15.9 Å². The van der Waals surface area contributed by atoms with Gasteiger partial charge in [0.1, 0.15) is 0 Å². The summed E-state index contributed by atoms with van der Waals surface area (Å²) in [6.07, 6.45) is 1.06. The zero-order chi connectivity index (χ0) is 17.2. The molecule has 23 heavy (non-hydrogen) atoms. The molecule has 0 spiro atoms. The molecule has 0 aliphatic heterocycles. The summed E-state index contributed by atoms with van der Waals surface area (Å²) in [6, 6.07) is 10.4. The molecule has 0 unspecified atom stereocenters. The minimum Gasteiger partial charge on any atom is -0.545 e. The maximum Gasteiger partial charge on any atom is 0.232 e. The van der Waals surface area contributed by atoms with Gasteiger partial charge < -0.3 is 9.90 Å². The van der Waals surface area contributed by atoms with Gasteiger partial charge in [0.05, 0.1) is 34.5 Å². The predicted molar refractivity (Wildman–Crippen MR) is 88.3 cm³/mol. The van der Waals surface area contributed by atoms with Crippen LogP contribution in [-0.2, 0) is 16.6 Å². The van der Waals surface area contributed by atoms with Crippen molar-refractivity contribution in [2.75, 3.05) is 10.6 Å². The first-order valence-corrected chi connectivity index (χ1v) is 9.02. The van der Waals surface area contributed by atoms with Crippen LogP contribution < -0.4 is 9.41 Å². The molecule has 0 saturated heterocycles. The van der Waals surface area contributed by atoms with E-state index in [1.165, 1.54) is 24.3 Å². The van der Waals surface area contributed by atoms with E-state index in [-0.39, 0.29) is 27.8 Å². The Labute approximate surface area is 144 Å². The minimum atomic E-state index is -3.62. The fourth-order valence-electron chi connectivity index (χ4n) is 1.98. The smallest absolute Gasteiger partial charge is 0.232 e. The van der Waals surface area contributed by atoms with Crippen molar-refractivity contribution in [3.8, 4) is 0 Å². The molecule has 0 fully saturated rings. The van der Waals surface area contributed by atoms with Crippen molar-refractivity contribution >= 4 is 44.9 Å². The fraction of sp³-hybridized carbons (Fsp3) is 0.133. The summed E-state index contributed by atoms with van der Waals surface area (Å²) in [4.78, 5) is 10.7. The summed E-state index contributed by atoms with van der Waals surface area (Å²) in [5.41, 5.74) is 0.863. The van der Waals surface area contributed by atoms with E-state index in [0.717, 1.165) is 10.6 Å². The van der Waals surface area contributed by atoms with Gasteiger partial charge in [0.25, 0.3) is 0 Å². The average molecular weight is 373 g/mol. The normalized spacial score (nSPS) is 11.3. The zero-order valence-corrected chi connectivity index (χ0v) is 14.3. The number of anilines is 1. The lowest BCUT2D eigenvalue weighted by Gasteiger charge is -2.24. The van der Waals surface area contributed by atoms with E-state index in [4.69, 9.17) is 23.2 Å². The second-order valence-electron chi connectivity index (χ2n) is 4.83. The highest BCUT2D eigenvalue weighted by atomic mass is 35.5. The van der Waals surface area contributed by atoms with Crippen LogP contribution >= 0.6 is 23.2 Å². The Balaban J connectivity index is 2.41. The largest absolute Gasteiger partial charge is 0.545 e. The molecule has 0 aromatic heterocycles. The number of benzene rings is 2. The molecule has 122 valence electrons. The molecule has 0 amide bonds. The van der Waals surface area contributed by atoms with Crippen molar-refractivity contribution in [3.63, 3.8) is 0 Å². The number of halogens is 2. The number of sulfonamides is 1. The highest BCUT2D eigenvalue weighted by Crippen LogP contribution is 2.34. The molecular weight excluding hydrogens is 361 g/mol. The molecule has 2 aromatic rings. The van der Waals surface area contributed by atoms with E-state index in [2.05, 4.69) is 0 Å². The molecule has 0 heterocycles. The van der Waals surface area contributed by atoms with Crippen molar-refractivity contribution < 1.29 is 18.3 Å². The lowest BCUT2D eigenvalue weighted by molar-refractivity contribution is -0.255. The van der Waals surface area contributed by atoms with E-state index in [9.17, 15) is 18.3 Å². The molecule has 0 N–H and O–H groups in total. The average Bonchev–Trinajstić information content (AvgIpc) is 2.47. The monoisotopic (exact) mass is 372 g/mol. The van der Waals surface area contributed by atoms with Gasteiger partial charge in [0.2, 0.25) is 10.0 Å². The predicted octanol–water partition coefficient (Wildman–Crippen LogP) is 2.32. The number of hydrogen-bond donors (Lipinski definition) is 0. The van der Waals surface area contributed by atoms with Gasteiger partial charge in [-0.3, -0.25) is 4.31 Å². The quantitative estimate of drug-likeness (QED) is 0.806. The van der Waals surface area contributed by atoms with E-state index in [1.807, 2.05) is 0 Å². The number of carboxylic acids is 1. The molecule has 0 aliphatic carbocycles. The highest BCUT2D eigenvalue weighted by molar-refractivity contribution is 7.92. The first-order valence-electron chi connectivity index (χ1n) is 6.42. The Hall–Kier alpha value is -1.76. The van der Waals surface area contributed by atoms with E-state index in [0.29, 0.717) is 5.56 Å². The fourth-order valence-corrected chi connectivity index (χ4v) is 3.32. The van der Waals surface area contributed by atoms with Crippen LogP contribution in [0.2, 0.25) is 10.0 Å². The molecule has 2 rings (SSSR count). The summed E-state index contributed by atoms with van der Waals surface area (Å²) in [7, 11) is -3.62. The Morgan fingerprint density at radius 3 is 2.26 bits per heavy atom. The van der Waals surface area contributed by atoms with Gasteiger partial charge in [0.15, 0.2) is 0 Å². The van der Waals surface area contributed by atoms with Crippen molar-refractivity contribution in [3.05, 3.63) is 63.6 Å². The molecule has 0 bridgehead atoms. The molecule has 2 aromatic carbocycles. The van der Waals surface area contributed by atoms with Crippen LogP contribution in [-0.4, -0.2) is 20.6 Å². The lowest BCUT2D eigenvalue weighted by Crippen LogP contribution is -2.29. The maximum absolute atomic E-state index is 12.1. The number of carbonyl (C=O) groups excluding carboxylic acids is 1. The number of nitrogens with zero attached hydrogens (tertiary/aromatic N) is 1. The van der Waals surface area contributed by atoms with Crippen LogP contribution in [0, 0.1) is 0 Å². The highest BCUT2D eigenvalue weighted by Gasteiger charge is 2.21. The summed E-state index contributed by atoms with van der Waals surface area (Å²) in [6.45, 7) is -0.00772. The van der Waals surface area contributed by atoms with Gasteiger partial charge in [0, 0.05) is 0 Å². The van der Waals surface area contributed by atoms with Gasteiger partial charge in [-0.25, -0.2) is 8.42 Å². The van der Waals surface area contributed by atoms with Crippen LogP contribution in [0.5, 0.6) is 0 Å². The first kappa shape index (κ1) is 17.6. The van der Waals surface area contributed by atoms with Gasteiger partial charge >= 0.3 is 0 Å². The summed E-state index contributed by atoms with van der Waals surface area (Å²) < 4.78 is 25.3. The van der Waals surface area contributed by atoms with Gasteiger partial charge in [-0.2, -0.15) is 0 Å². The SMILES string of the molecule is CS(=O)(=O)N(Cc1ccc(C(=O)[O-])cc1)c1cccc(Cl)c1Cl. The summed E-state index contributed by atoms with van der Waals surface area (Å²) >= 11 is 12.0. The minimum absolute atomic E-state index is 0.00772. The number of carbonyl (C=O) groups is 1. The number of aromatic carboxylic acids is 1. The van der Waals surface area contributed by atoms with Crippen LogP contribution in [0.15, 0.2) is 42.5 Å². The zero-order valence-electron chi connectivity index (χ0n) is 12.0. The van der Waals surface area contributed by atoms with Crippen molar-refractivity contribution in [1.82, 2.24) is 0 Å². The third-order valence-electron chi connectivity index (χ3n) is 3.12. The second-order valence-corrected chi connectivity index (χ2v) is 7.52. The Morgan fingerprint density at radius 2 is 1.74 bits per heavy atom. The Morgan fingerprint density at radius 1 is 1.13 bits per heavy atom. The Kier molecular flexibility index (Phi) is 5.19. The Bertz CT molecular complexity index is 835. The van der Waals surface area contributed by atoms with E-state index < -0.39 is 16.0 Å². The molecule has 5 nitrogen and oxygen atoms in total. The standard InChI is InChI=1S/C15H13Cl2NO4S/c1-23(21,22)18(13-4-2-3-12(16)14(13)17)9-10-5-7-11(8-6-10)15(19)20/h2-8H,9H2,1H3,(H,19,20)/p-1. The van der Waals surface area contributed by atoms with Crippen molar-refractivity contribution in [2.45, 2.75) is 6.54 Å². The van der Waals surface area contributed by atoms with Crippen molar-refractivity contribution in [2.24, 2.45) is 0 Å². The van der Waals surface area contributed by atoms with Gasteiger partial charge in [-0.1, -0.05) is 53.5 Å². The van der Waals surface area contributed by atoms with Gasteiger partial charge in [-0.15, -0.1) is 0 Å². The first-order chi connectivity index (χ1) is 10.7. The summed E-state index contributed by atoms with van der Waals surface area (Å²) in [5, 5.41) is 11.1. The number of hydrogen-bond acceptors (Lipinski definition) is 4. The van der Waals surface area contributed by atoms with E-state index in [1.54, 1.807) is 18.2 Å². The molecule has 0 aliphatic rings.